The zero-order valence-corrected chi connectivity index (χ0v) is 14.9. The van der Waals surface area contributed by atoms with E-state index in [1.165, 1.54) is 43.8 Å². The van der Waals surface area contributed by atoms with Crippen LogP contribution in [0.5, 0.6) is 5.75 Å². The molecule has 0 atom stereocenters. The van der Waals surface area contributed by atoms with Gasteiger partial charge in [-0.3, -0.25) is 9.59 Å². The maximum Gasteiger partial charge on any atom is 0.325 e. The van der Waals surface area contributed by atoms with Crippen molar-refractivity contribution in [3.05, 3.63) is 58.6 Å². The van der Waals surface area contributed by atoms with Crippen LogP contribution in [0.1, 0.15) is 10.4 Å². The van der Waals surface area contributed by atoms with E-state index in [9.17, 15) is 14.0 Å². The number of carbonyl (C=O) groups is 2. The first kappa shape index (κ1) is 17.8. The van der Waals surface area contributed by atoms with Crippen molar-refractivity contribution >= 4 is 33.4 Å². The van der Waals surface area contributed by atoms with Gasteiger partial charge in [0.15, 0.2) is 4.80 Å². The number of fused-ring (bicyclic) bond motifs is 1. The predicted octanol–water partition coefficient (Wildman–Crippen LogP) is 2.76. The minimum atomic E-state index is -0.603. The molecule has 1 aromatic heterocycles. The van der Waals surface area contributed by atoms with Gasteiger partial charge in [-0.15, -0.1) is 0 Å². The largest absolute Gasteiger partial charge is 0.495 e. The van der Waals surface area contributed by atoms with Crippen molar-refractivity contribution in [2.24, 2.45) is 4.99 Å². The molecule has 0 saturated carbocycles. The summed E-state index contributed by atoms with van der Waals surface area (Å²) in [4.78, 5) is 28.6. The second-order valence-electron chi connectivity index (χ2n) is 5.28. The van der Waals surface area contributed by atoms with Crippen LogP contribution in [0.25, 0.3) is 10.2 Å². The van der Waals surface area contributed by atoms with E-state index in [-0.39, 0.29) is 12.1 Å². The van der Waals surface area contributed by atoms with Crippen LogP contribution in [0.15, 0.2) is 47.5 Å². The summed E-state index contributed by atoms with van der Waals surface area (Å²) in [6.07, 6.45) is 0. The molecule has 3 aromatic rings. The topological polar surface area (TPSA) is 69.9 Å². The third-order valence-electron chi connectivity index (χ3n) is 3.67. The summed E-state index contributed by atoms with van der Waals surface area (Å²) in [5.41, 5.74) is 0.759. The molecule has 0 spiro atoms. The second kappa shape index (κ2) is 7.49. The minimum Gasteiger partial charge on any atom is -0.495 e. The highest BCUT2D eigenvalue weighted by Gasteiger charge is 2.15. The lowest BCUT2D eigenvalue weighted by atomic mass is 10.2. The molecule has 2 aromatic carbocycles. The third kappa shape index (κ3) is 3.50. The molecule has 6 nitrogen and oxygen atoms in total. The maximum atomic E-state index is 13.4. The van der Waals surface area contributed by atoms with E-state index in [1.54, 1.807) is 16.7 Å². The summed E-state index contributed by atoms with van der Waals surface area (Å²) in [5.74, 6) is -1.07. The summed E-state index contributed by atoms with van der Waals surface area (Å²) >= 11 is 1.23. The summed E-state index contributed by atoms with van der Waals surface area (Å²) in [6, 6.07) is 10.7. The summed E-state index contributed by atoms with van der Waals surface area (Å²) in [7, 11) is 2.80. The summed E-state index contributed by atoms with van der Waals surface area (Å²) in [6.45, 7) is -0.133. The van der Waals surface area contributed by atoms with Crippen molar-refractivity contribution in [2.45, 2.75) is 6.54 Å². The van der Waals surface area contributed by atoms with Crippen molar-refractivity contribution < 1.29 is 23.5 Å². The lowest BCUT2D eigenvalue weighted by Gasteiger charge is -2.07. The van der Waals surface area contributed by atoms with E-state index in [0.717, 1.165) is 10.8 Å². The highest BCUT2D eigenvalue weighted by molar-refractivity contribution is 7.16. The van der Waals surface area contributed by atoms with E-state index in [0.29, 0.717) is 16.1 Å². The number of amides is 1. The normalized spacial score (nSPS) is 11.6. The van der Waals surface area contributed by atoms with Gasteiger partial charge in [0.2, 0.25) is 0 Å². The third-order valence-corrected chi connectivity index (χ3v) is 4.71. The van der Waals surface area contributed by atoms with Crippen molar-refractivity contribution in [2.75, 3.05) is 14.2 Å². The number of nitrogens with zero attached hydrogens (tertiary/aromatic N) is 2. The summed E-state index contributed by atoms with van der Waals surface area (Å²) in [5, 5.41) is 0. The Balaban J connectivity index is 2.19. The molecule has 0 aliphatic rings. The van der Waals surface area contributed by atoms with Gasteiger partial charge in [0.1, 0.15) is 23.6 Å². The molecule has 0 saturated heterocycles. The fourth-order valence-corrected chi connectivity index (χ4v) is 3.51. The van der Waals surface area contributed by atoms with Crippen LogP contribution in [-0.4, -0.2) is 30.7 Å². The summed E-state index contributed by atoms with van der Waals surface area (Å²) < 4.78 is 25.8. The molecular formula is C18H15FN2O4S. The molecule has 0 N–H and O–H groups in total. The fraction of sp³-hybridized carbons (Fsp3) is 0.167. The van der Waals surface area contributed by atoms with Crippen LogP contribution in [0.4, 0.5) is 4.39 Å². The number of aromatic nitrogens is 1. The molecule has 0 radical (unpaired) electrons. The number of methoxy groups -OCH3 is 2. The van der Waals surface area contributed by atoms with Crippen LogP contribution in [-0.2, 0) is 16.1 Å². The Bertz CT molecular complexity index is 1050. The van der Waals surface area contributed by atoms with Crippen LogP contribution in [0, 0.1) is 5.82 Å². The Morgan fingerprint density at radius 1 is 1.19 bits per heavy atom. The second-order valence-corrected chi connectivity index (χ2v) is 6.29. The molecule has 0 unspecified atom stereocenters. The lowest BCUT2D eigenvalue weighted by Crippen LogP contribution is -2.22. The maximum absolute atomic E-state index is 13.4. The van der Waals surface area contributed by atoms with Gasteiger partial charge in [-0.05, 0) is 30.3 Å². The number of halogens is 1. The zero-order valence-electron chi connectivity index (χ0n) is 14.1. The monoisotopic (exact) mass is 374 g/mol. The van der Waals surface area contributed by atoms with Gasteiger partial charge >= 0.3 is 5.97 Å². The molecule has 0 aliphatic carbocycles. The molecule has 1 heterocycles. The standard InChI is InChI=1S/C18H15FN2O4S/c1-24-13-7-4-8-14-16(13)21(10-15(22)25-2)18(26-14)20-17(23)11-5-3-6-12(19)9-11/h3-9H,10H2,1-2H3. The molecule has 3 rings (SSSR count). The van der Waals surface area contributed by atoms with Crippen LogP contribution >= 0.6 is 11.3 Å². The molecule has 134 valence electrons. The number of carbonyl (C=O) groups excluding carboxylic acids is 2. The Hall–Kier alpha value is -3.00. The highest BCUT2D eigenvalue weighted by Crippen LogP contribution is 2.27. The first-order valence-corrected chi connectivity index (χ1v) is 8.43. The lowest BCUT2D eigenvalue weighted by molar-refractivity contribution is -0.141. The van der Waals surface area contributed by atoms with Crippen molar-refractivity contribution in [1.29, 1.82) is 0 Å². The Kier molecular flexibility index (Phi) is 5.13. The smallest absolute Gasteiger partial charge is 0.325 e. The predicted molar refractivity (Wildman–Crippen MR) is 94.7 cm³/mol. The Morgan fingerprint density at radius 3 is 2.65 bits per heavy atom. The van der Waals surface area contributed by atoms with E-state index in [4.69, 9.17) is 9.47 Å². The number of rotatable bonds is 4. The minimum absolute atomic E-state index is 0.124. The van der Waals surface area contributed by atoms with Gasteiger partial charge in [-0.1, -0.05) is 23.5 Å². The van der Waals surface area contributed by atoms with E-state index >= 15 is 0 Å². The molecular weight excluding hydrogens is 359 g/mol. The van der Waals surface area contributed by atoms with Gasteiger partial charge in [0.05, 0.1) is 18.9 Å². The van der Waals surface area contributed by atoms with Gasteiger partial charge in [0, 0.05) is 5.56 Å². The first-order chi connectivity index (χ1) is 12.5. The molecule has 0 bridgehead atoms. The fourth-order valence-electron chi connectivity index (χ4n) is 2.46. The quantitative estimate of drug-likeness (QED) is 0.659. The van der Waals surface area contributed by atoms with Crippen LogP contribution < -0.4 is 9.54 Å². The zero-order chi connectivity index (χ0) is 18.7. The van der Waals surface area contributed by atoms with Crippen LogP contribution in [0.2, 0.25) is 0 Å². The number of thiazole rings is 1. The number of hydrogen-bond acceptors (Lipinski definition) is 5. The molecule has 8 heteroatoms. The molecule has 26 heavy (non-hydrogen) atoms. The van der Waals surface area contributed by atoms with Crippen LogP contribution in [0.3, 0.4) is 0 Å². The van der Waals surface area contributed by atoms with Crippen molar-refractivity contribution in [1.82, 2.24) is 4.57 Å². The van der Waals surface area contributed by atoms with E-state index in [2.05, 4.69) is 4.99 Å². The number of benzene rings is 2. The Morgan fingerprint density at radius 2 is 1.96 bits per heavy atom. The van der Waals surface area contributed by atoms with Gasteiger partial charge in [-0.25, -0.2) is 4.39 Å². The van der Waals surface area contributed by atoms with Gasteiger partial charge in [0.25, 0.3) is 5.91 Å². The van der Waals surface area contributed by atoms with E-state index < -0.39 is 17.7 Å². The molecule has 1 amide bonds. The van der Waals surface area contributed by atoms with Crippen molar-refractivity contribution in [3.63, 3.8) is 0 Å². The average Bonchev–Trinajstić information content (AvgIpc) is 2.98. The SMILES string of the molecule is COC(=O)Cn1c(=NC(=O)c2cccc(F)c2)sc2cccc(OC)c21. The van der Waals surface area contributed by atoms with Crippen molar-refractivity contribution in [3.8, 4) is 5.75 Å². The molecule has 0 aliphatic heterocycles. The Labute approximate surface area is 152 Å². The van der Waals surface area contributed by atoms with Gasteiger partial charge in [-0.2, -0.15) is 4.99 Å². The number of para-hydroxylation sites is 1. The number of esters is 1. The average molecular weight is 374 g/mol. The highest BCUT2D eigenvalue weighted by atomic mass is 32.1. The van der Waals surface area contributed by atoms with E-state index in [1.807, 2.05) is 6.07 Å². The number of ether oxygens (including phenoxy) is 2. The molecule has 0 fully saturated rings. The number of hydrogen-bond donors (Lipinski definition) is 0. The first-order valence-electron chi connectivity index (χ1n) is 7.61. The van der Waals surface area contributed by atoms with Gasteiger partial charge < -0.3 is 14.0 Å².